The summed E-state index contributed by atoms with van der Waals surface area (Å²) in [6.45, 7) is 1.32. The van der Waals surface area contributed by atoms with E-state index < -0.39 is 0 Å². The molecule has 1 heterocycles. The Hall–Kier alpha value is -2.31. The molecule has 0 bridgehead atoms. The van der Waals surface area contributed by atoms with Crippen LogP contribution >= 0.6 is 11.6 Å². The van der Waals surface area contributed by atoms with Crippen LogP contribution in [0.4, 0.5) is 0 Å². The maximum Gasteiger partial charge on any atom is 0.255 e. The molecule has 1 amide bonds. The molecule has 7 heteroatoms. The molecule has 0 aliphatic rings. The third-order valence-corrected chi connectivity index (χ3v) is 3.54. The molecule has 0 spiro atoms. The Labute approximate surface area is 145 Å². The molecule has 0 radical (unpaired) electrons. The van der Waals surface area contributed by atoms with Crippen molar-refractivity contribution in [1.29, 1.82) is 0 Å². The first-order valence-electron chi connectivity index (χ1n) is 7.69. The average molecular weight is 350 g/mol. The topological polar surface area (TPSA) is 97.2 Å². The molecule has 0 saturated heterocycles. The molecule has 0 saturated carbocycles. The van der Waals surface area contributed by atoms with Crippen LogP contribution in [-0.4, -0.2) is 30.6 Å². The molecule has 0 atom stereocenters. The van der Waals surface area contributed by atoms with Gasteiger partial charge in [0.2, 0.25) is 5.56 Å². The number of aromatic amines is 1. The van der Waals surface area contributed by atoms with Gasteiger partial charge in [0.1, 0.15) is 5.75 Å². The van der Waals surface area contributed by atoms with Crippen LogP contribution in [0.5, 0.6) is 5.75 Å². The normalized spacial score (nSPS) is 10.4. The van der Waals surface area contributed by atoms with E-state index in [1.54, 1.807) is 30.3 Å². The predicted octanol–water partition coefficient (Wildman–Crippen LogP) is 1.73. The Morgan fingerprint density at radius 1 is 1.29 bits per heavy atom. The lowest BCUT2D eigenvalue weighted by atomic mass is 10.2. The fourth-order valence-corrected chi connectivity index (χ4v) is 2.28. The van der Waals surface area contributed by atoms with Crippen molar-refractivity contribution < 1.29 is 9.53 Å². The Morgan fingerprint density at radius 2 is 2.12 bits per heavy atom. The SMILES string of the molecule is NCCCOc1cc(Cl)ccc1C(=O)NCCc1cccc(=O)[nH]1. The van der Waals surface area contributed by atoms with Crippen molar-refractivity contribution in [2.24, 2.45) is 5.73 Å². The van der Waals surface area contributed by atoms with Crippen LogP contribution in [0.25, 0.3) is 0 Å². The van der Waals surface area contributed by atoms with Gasteiger partial charge < -0.3 is 20.8 Å². The molecule has 1 aromatic carbocycles. The number of ether oxygens (including phenoxy) is 1. The van der Waals surface area contributed by atoms with Crippen molar-refractivity contribution in [3.63, 3.8) is 0 Å². The summed E-state index contributed by atoms with van der Waals surface area (Å²) < 4.78 is 5.59. The number of nitrogens with two attached hydrogens (primary N) is 1. The number of hydrogen-bond acceptors (Lipinski definition) is 4. The van der Waals surface area contributed by atoms with E-state index in [2.05, 4.69) is 10.3 Å². The highest BCUT2D eigenvalue weighted by Crippen LogP contribution is 2.23. The average Bonchev–Trinajstić information content (AvgIpc) is 2.55. The molecule has 4 N–H and O–H groups in total. The number of carbonyl (C=O) groups excluding carboxylic acids is 1. The van der Waals surface area contributed by atoms with E-state index in [1.807, 2.05) is 0 Å². The van der Waals surface area contributed by atoms with Crippen molar-refractivity contribution >= 4 is 17.5 Å². The van der Waals surface area contributed by atoms with Gasteiger partial charge in [0.05, 0.1) is 12.2 Å². The Kier molecular flexibility index (Phi) is 6.84. The first-order chi connectivity index (χ1) is 11.6. The maximum absolute atomic E-state index is 12.3. The van der Waals surface area contributed by atoms with Crippen molar-refractivity contribution in [2.45, 2.75) is 12.8 Å². The highest BCUT2D eigenvalue weighted by Gasteiger charge is 2.13. The summed E-state index contributed by atoms with van der Waals surface area (Å²) in [5.74, 6) is 0.175. The summed E-state index contributed by atoms with van der Waals surface area (Å²) >= 11 is 5.96. The molecule has 1 aromatic heterocycles. The van der Waals surface area contributed by atoms with Gasteiger partial charge in [-0.15, -0.1) is 0 Å². The quantitative estimate of drug-likeness (QED) is 0.632. The monoisotopic (exact) mass is 349 g/mol. The van der Waals surface area contributed by atoms with E-state index in [-0.39, 0.29) is 11.5 Å². The second-order valence-corrected chi connectivity index (χ2v) is 5.61. The Morgan fingerprint density at radius 3 is 2.88 bits per heavy atom. The number of hydrogen-bond donors (Lipinski definition) is 3. The third kappa shape index (κ3) is 5.40. The Balaban J connectivity index is 1.97. The van der Waals surface area contributed by atoms with Crippen LogP contribution in [0, 0.1) is 0 Å². The van der Waals surface area contributed by atoms with Crippen molar-refractivity contribution in [1.82, 2.24) is 10.3 Å². The summed E-state index contributed by atoms with van der Waals surface area (Å²) in [5, 5.41) is 3.30. The largest absolute Gasteiger partial charge is 0.493 e. The summed E-state index contributed by atoms with van der Waals surface area (Å²) in [5.41, 5.74) is 6.46. The van der Waals surface area contributed by atoms with Crippen LogP contribution in [0.1, 0.15) is 22.5 Å². The molecule has 24 heavy (non-hydrogen) atoms. The van der Waals surface area contributed by atoms with E-state index in [0.29, 0.717) is 48.9 Å². The number of aromatic nitrogens is 1. The number of amides is 1. The lowest BCUT2D eigenvalue weighted by Crippen LogP contribution is -2.27. The van der Waals surface area contributed by atoms with Crippen LogP contribution in [-0.2, 0) is 6.42 Å². The van der Waals surface area contributed by atoms with Gasteiger partial charge in [-0.25, -0.2) is 0 Å². The number of nitrogens with one attached hydrogen (secondary N) is 2. The molecule has 128 valence electrons. The summed E-state index contributed by atoms with van der Waals surface area (Å²) in [4.78, 5) is 26.3. The van der Waals surface area contributed by atoms with E-state index >= 15 is 0 Å². The first-order valence-corrected chi connectivity index (χ1v) is 8.07. The van der Waals surface area contributed by atoms with Gasteiger partial charge in [-0.1, -0.05) is 17.7 Å². The number of carbonyl (C=O) groups is 1. The first kappa shape index (κ1) is 18.0. The van der Waals surface area contributed by atoms with E-state index in [4.69, 9.17) is 22.1 Å². The molecule has 6 nitrogen and oxygen atoms in total. The van der Waals surface area contributed by atoms with E-state index in [1.165, 1.54) is 6.07 Å². The van der Waals surface area contributed by atoms with Gasteiger partial charge in [0.25, 0.3) is 5.91 Å². The van der Waals surface area contributed by atoms with E-state index in [9.17, 15) is 9.59 Å². The molecule has 0 fully saturated rings. The Bertz CT molecular complexity index is 746. The van der Waals surface area contributed by atoms with Gasteiger partial charge in [0, 0.05) is 29.7 Å². The molecule has 0 aliphatic carbocycles. The van der Waals surface area contributed by atoms with Gasteiger partial charge in [-0.3, -0.25) is 9.59 Å². The van der Waals surface area contributed by atoms with Gasteiger partial charge in [-0.2, -0.15) is 0 Å². The van der Waals surface area contributed by atoms with Gasteiger partial charge in [-0.05, 0) is 37.2 Å². The van der Waals surface area contributed by atoms with Crippen molar-refractivity contribution in [3.8, 4) is 5.75 Å². The summed E-state index contributed by atoms with van der Waals surface area (Å²) in [6, 6.07) is 9.80. The summed E-state index contributed by atoms with van der Waals surface area (Å²) in [7, 11) is 0. The highest BCUT2D eigenvalue weighted by atomic mass is 35.5. The minimum absolute atomic E-state index is 0.160. The van der Waals surface area contributed by atoms with Crippen LogP contribution in [0.2, 0.25) is 5.02 Å². The van der Waals surface area contributed by atoms with Gasteiger partial charge in [0.15, 0.2) is 0 Å². The smallest absolute Gasteiger partial charge is 0.255 e. The molecular formula is C17H20ClN3O3. The molecule has 2 rings (SSSR count). The second-order valence-electron chi connectivity index (χ2n) is 5.18. The number of benzene rings is 1. The highest BCUT2D eigenvalue weighted by molar-refractivity contribution is 6.30. The second kappa shape index (κ2) is 9.10. The van der Waals surface area contributed by atoms with Gasteiger partial charge >= 0.3 is 0 Å². The summed E-state index contributed by atoms with van der Waals surface area (Å²) in [6.07, 6.45) is 1.22. The zero-order valence-corrected chi connectivity index (χ0v) is 13.9. The standard InChI is InChI=1S/C17H20ClN3O3/c18-12-5-6-14(15(11-12)24-10-2-8-19)17(23)20-9-7-13-3-1-4-16(22)21-13/h1,3-6,11H,2,7-10,19H2,(H,20,23)(H,21,22). The third-order valence-electron chi connectivity index (χ3n) is 3.30. The molecule has 2 aromatic rings. The lowest BCUT2D eigenvalue weighted by molar-refractivity contribution is 0.0950. The minimum Gasteiger partial charge on any atom is -0.493 e. The van der Waals surface area contributed by atoms with Crippen LogP contribution in [0.3, 0.4) is 0 Å². The molecule has 0 unspecified atom stereocenters. The fraction of sp³-hybridized carbons (Fsp3) is 0.294. The number of pyridine rings is 1. The lowest BCUT2D eigenvalue weighted by Gasteiger charge is -2.12. The molecular weight excluding hydrogens is 330 g/mol. The van der Waals surface area contributed by atoms with Crippen LogP contribution in [0.15, 0.2) is 41.2 Å². The van der Waals surface area contributed by atoms with E-state index in [0.717, 1.165) is 5.69 Å². The minimum atomic E-state index is -0.257. The number of halogens is 1. The zero-order chi connectivity index (χ0) is 17.4. The number of H-pyrrole nitrogens is 1. The van der Waals surface area contributed by atoms with Crippen LogP contribution < -0.4 is 21.3 Å². The predicted molar refractivity (Wildman–Crippen MR) is 93.7 cm³/mol. The van der Waals surface area contributed by atoms with Crippen molar-refractivity contribution in [3.05, 3.63) is 63.0 Å². The zero-order valence-electron chi connectivity index (χ0n) is 13.2. The molecule has 0 aliphatic heterocycles. The fourth-order valence-electron chi connectivity index (χ4n) is 2.11. The number of rotatable bonds is 8. The maximum atomic E-state index is 12.3. The van der Waals surface area contributed by atoms with Crippen molar-refractivity contribution in [2.75, 3.05) is 19.7 Å².